The van der Waals surface area contributed by atoms with E-state index in [1.807, 2.05) is 10.6 Å². The predicted molar refractivity (Wildman–Crippen MR) is 78.5 cm³/mol. The normalized spacial score (nSPS) is 25.3. The van der Waals surface area contributed by atoms with Crippen LogP contribution in [0.5, 0.6) is 0 Å². The molecule has 1 saturated carbocycles. The van der Waals surface area contributed by atoms with Crippen molar-refractivity contribution in [2.24, 2.45) is 11.7 Å². The molecule has 2 heterocycles. The van der Waals surface area contributed by atoms with Gasteiger partial charge in [0.1, 0.15) is 11.8 Å². The van der Waals surface area contributed by atoms with Crippen molar-refractivity contribution in [1.82, 2.24) is 19.5 Å². The Balaban J connectivity index is 1.70. The van der Waals surface area contributed by atoms with E-state index in [1.165, 1.54) is 12.8 Å². The summed E-state index contributed by atoms with van der Waals surface area (Å²) < 4.78 is 2.01. The van der Waals surface area contributed by atoms with Gasteiger partial charge in [0.05, 0.1) is 19.0 Å². The number of rotatable bonds is 4. The highest BCUT2D eigenvalue weighted by molar-refractivity contribution is 5.83. The molecule has 0 aromatic carbocycles. The lowest BCUT2D eigenvalue weighted by atomic mass is 10.1. The third-order valence-corrected chi connectivity index (χ3v) is 4.24. The molecule has 2 aromatic heterocycles. The third-order valence-electron chi connectivity index (χ3n) is 4.24. The lowest BCUT2D eigenvalue weighted by Gasteiger charge is -2.12. The zero-order chi connectivity index (χ0) is 14.4. The maximum atomic E-state index is 9.33. The number of imidazole rings is 1. The highest BCUT2D eigenvalue weighted by Gasteiger charge is 2.28. The molecule has 0 amide bonds. The van der Waals surface area contributed by atoms with Crippen molar-refractivity contribution in [2.75, 3.05) is 11.9 Å². The molecule has 2 aliphatic carbocycles. The predicted octanol–water partition coefficient (Wildman–Crippen LogP) is 0.796. The van der Waals surface area contributed by atoms with E-state index in [9.17, 15) is 5.11 Å². The summed E-state index contributed by atoms with van der Waals surface area (Å²) in [6, 6.07) is 0.616. The molecule has 0 aliphatic heterocycles. The smallest absolute Gasteiger partial charge is 0.165 e. The molecular weight excluding hydrogens is 268 g/mol. The van der Waals surface area contributed by atoms with Crippen molar-refractivity contribution >= 4 is 17.0 Å². The first kappa shape index (κ1) is 12.6. The van der Waals surface area contributed by atoms with Gasteiger partial charge in [-0.1, -0.05) is 0 Å². The third kappa shape index (κ3) is 2.13. The van der Waals surface area contributed by atoms with Crippen molar-refractivity contribution in [2.45, 2.75) is 31.3 Å². The summed E-state index contributed by atoms with van der Waals surface area (Å²) in [5.41, 5.74) is 8.30. The Bertz CT molecular complexity index is 705. The molecule has 4 rings (SSSR count). The number of nitrogens with two attached hydrogens (primary N) is 1. The number of aliphatic hydroxyl groups is 1. The van der Waals surface area contributed by atoms with E-state index in [2.05, 4.69) is 20.3 Å². The molecule has 7 heteroatoms. The van der Waals surface area contributed by atoms with E-state index >= 15 is 0 Å². The van der Waals surface area contributed by atoms with E-state index in [0.29, 0.717) is 6.04 Å². The monoisotopic (exact) mass is 286 g/mol. The first-order valence-electron chi connectivity index (χ1n) is 7.28. The van der Waals surface area contributed by atoms with Crippen LogP contribution >= 0.6 is 0 Å². The second-order valence-corrected chi connectivity index (χ2v) is 5.81. The Morgan fingerprint density at radius 1 is 1.33 bits per heavy atom. The Kier molecular flexibility index (Phi) is 2.81. The minimum Gasteiger partial charge on any atom is -0.402 e. The van der Waals surface area contributed by atoms with Gasteiger partial charge in [0.2, 0.25) is 0 Å². The van der Waals surface area contributed by atoms with Crippen molar-refractivity contribution < 1.29 is 5.11 Å². The minimum absolute atomic E-state index is 0.0262. The molecule has 0 radical (unpaired) electrons. The summed E-state index contributed by atoms with van der Waals surface area (Å²) in [6.45, 7) is 0.0783. The van der Waals surface area contributed by atoms with E-state index in [0.717, 1.165) is 29.1 Å². The zero-order valence-corrected chi connectivity index (χ0v) is 11.6. The van der Waals surface area contributed by atoms with Crippen LogP contribution in [0.15, 0.2) is 24.4 Å². The average Bonchev–Trinajstić information content (AvgIpc) is 3.06. The highest BCUT2D eigenvalue weighted by atomic mass is 16.3. The zero-order valence-electron chi connectivity index (χ0n) is 11.6. The molecule has 0 saturated heterocycles. The molecule has 110 valence electrons. The fourth-order valence-electron chi connectivity index (χ4n) is 2.85. The SMILES string of the molecule is NC1=CC(n2cnc3c(NC4CC4)ncnc32)CC1CO. The van der Waals surface area contributed by atoms with Gasteiger partial charge in [-0.05, 0) is 25.3 Å². The van der Waals surface area contributed by atoms with Crippen LogP contribution in [0.1, 0.15) is 25.3 Å². The number of nitrogens with one attached hydrogen (secondary N) is 1. The summed E-state index contributed by atoms with van der Waals surface area (Å²) in [4.78, 5) is 13.1. The summed E-state index contributed by atoms with van der Waals surface area (Å²) in [5.74, 6) is 0.827. The van der Waals surface area contributed by atoms with Gasteiger partial charge >= 0.3 is 0 Å². The number of aliphatic hydroxyl groups excluding tert-OH is 1. The summed E-state index contributed by atoms with van der Waals surface area (Å²) in [5, 5.41) is 12.7. The summed E-state index contributed by atoms with van der Waals surface area (Å²) in [6.07, 6.45) is 8.49. The Morgan fingerprint density at radius 2 is 2.19 bits per heavy atom. The molecule has 2 atom stereocenters. The Hall–Kier alpha value is -2.15. The molecule has 2 aromatic rings. The molecule has 21 heavy (non-hydrogen) atoms. The quantitative estimate of drug-likeness (QED) is 0.768. The van der Waals surface area contributed by atoms with Crippen LogP contribution in [0.4, 0.5) is 5.82 Å². The van der Waals surface area contributed by atoms with Gasteiger partial charge in [-0.3, -0.25) is 0 Å². The molecule has 2 unspecified atom stereocenters. The number of nitrogens with zero attached hydrogens (tertiary/aromatic N) is 4. The highest BCUT2D eigenvalue weighted by Crippen LogP contribution is 2.34. The number of allylic oxidation sites excluding steroid dienone is 1. The van der Waals surface area contributed by atoms with Crippen LogP contribution < -0.4 is 11.1 Å². The van der Waals surface area contributed by atoms with Crippen molar-refractivity contribution in [3.8, 4) is 0 Å². The van der Waals surface area contributed by atoms with E-state index in [1.54, 1.807) is 12.7 Å². The van der Waals surface area contributed by atoms with E-state index < -0.39 is 0 Å². The second kappa shape index (κ2) is 4.70. The number of hydrogen-bond donors (Lipinski definition) is 3. The molecule has 2 aliphatic rings. The van der Waals surface area contributed by atoms with Gasteiger partial charge in [0.25, 0.3) is 0 Å². The number of anilines is 1. The molecule has 7 nitrogen and oxygen atoms in total. The maximum Gasteiger partial charge on any atom is 0.165 e. The molecular formula is C14H18N6O. The van der Waals surface area contributed by atoms with Crippen molar-refractivity contribution in [3.63, 3.8) is 0 Å². The van der Waals surface area contributed by atoms with Gasteiger partial charge in [-0.15, -0.1) is 0 Å². The number of fused-ring (bicyclic) bond motifs is 1. The Labute approximate surface area is 121 Å². The van der Waals surface area contributed by atoms with Crippen LogP contribution in [0.3, 0.4) is 0 Å². The van der Waals surface area contributed by atoms with Crippen LogP contribution in [-0.4, -0.2) is 37.3 Å². The largest absolute Gasteiger partial charge is 0.402 e. The number of hydrogen-bond acceptors (Lipinski definition) is 6. The van der Waals surface area contributed by atoms with Crippen LogP contribution in [-0.2, 0) is 0 Å². The fraction of sp³-hybridized carbons (Fsp3) is 0.500. The standard InChI is InChI=1S/C14H18N6O/c15-11-4-10(3-8(11)5-21)20-7-18-12-13(19-9-1-2-9)16-6-17-14(12)20/h4,6-10,21H,1-3,5,15H2,(H,16,17,19). The Morgan fingerprint density at radius 3 is 2.90 bits per heavy atom. The van der Waals surface area contributed by atoms with Gasteiger partial charge in [-0.25, -0.2) is 15.0 Å². The first-order valence-corrected chi connectivity index (χ1v) is 7.28. The number of aromatic nitrogens is 4. The van der Waals surface area contributed by atoms with Crippen LogP contribution in [0, 0.1) is 5.92 Å². The summed E-state index contributed by atoms with van der Waals surface area (Å²) in [7, 11) is 0. The van der Waals surface area contributed by atoms with Gasteiger partial charge in [0, 0.05) is 17.7 Å². The first-order chi connectivity index (χ1) is 10.3. The van der Waals surface area contributed by atoms with E-state index in [-0.39, 0.29) is 18.6 Å². The van der Waals surface area contributed by atoms with Crippen LogP contribution in [0.25, 0.3) is 11.2 Å². The second-order valence-electron chi connectivity index (χ2n) is 5.81. The van der Waals surface area contributed by atoms with Gasteiger partial charge in [0.15, 0.2) is 11.5 Å². The summed E-state index contributed by atoms with van der Waals surface area (Å²) >= 11 is 0. The average molecular weight is 286 g/mol. The topological polar surface area (TPSA) is 102 Å². The van der Waals surface area contributed by atoms with Gasteiger partial charge in [-0.2, -0.15) is 0 Å². The van der Waals surface area contributed by atoms with Crippen molar-refractivity contribution in [1.29, 1.82) is 0 Å². The molecule has 0 spiro atoms. The van der Waals surface area contributed by atoms with Crippen LogP contribution in [0.2, 0.25) is 0 Å². The molecule has 1 fully saturated rings. The lowest BCUT2D eigenvalue weighted by molar-refractivity contribution is 0.238. The molecule has 4 N–H and O–H groups in total. The van der Waals surface area contributed by atoms with E-state index in [4.69, 9.17) is 5.73 Å². The fourth-order valence-corrected chi connectivity index (χ4v) is 2.85. The lowest BCUT2D eigenvalue weighted by Crippen LogP contribution is -2.12. The molecule has 0 bridgehead atoms. The minimum atomic E-state index is 0.0262. The van der Waals surface area contributed by atoms with Crippen molar-refractivity contribution in [3.05, 3.63) is 24.4 Å². The maximum absolute atomic E-state index is 9.33. The van der Waals surface area contributed by atoms with Gasteiger partial charge < -0.3 is 20.7 Å².